The van der Waals surface area contributed by atoms with Gasteiger partial charge in [-0.3, -0.25) is 14.6 Å². The number of ketones is 1. The molecule has 13 heavy (non-hydrogen) atoms. The van der Waals surface area contributed by atoms with E-state index in [1.807, 2.05) is 0 Å². The van der Waals surface area contributed by atoms with Gasteiger partial charge in [0.2, 0.25) is 5.91 Å². The molecule has 1 aliphatic rings. The summed E-state index contributed by atoms with van der Waals surface area (Å²) < 4.78 is 0. The number of hydrogen-bond donors (Lipinski definition) is 3. The third-order valence-electron chi connectivity index (χ3n) is 1.92. The van der Waals surface area contributed by atoms with Gasteiger partial charge < -0.3 is 10.2 Å². The lowest BCUT2D eigenvalue weighted by Gasteiger charge is -2.24. The van der Waals surface area contributed by atoms with Crippen molar-refractivity contribution in [1.82, 2.24) is 10.4 Å². The molecule has 0 bridgehead atoms. The Morgan fingerprint density at radius 3 is 2.92 bits per heavy atom. The first-order chi connectivity index (χ1) is 6.07. The van der Waals surface area contributed by atoms with E-state index in [4.69, 9.17) is 5.11 Å². The number of nitrogens with zero attached hydrogens (tertiary/aromatic N) is 1. The monoisotopic (exact) mass is 188 g/mol. The van der Waals surface area contributed by atoms with E-state index in [9.17, 15) is 14.7 Å². The number of hydrogen-bond acceptors (Lipinski definition) is 5. The summed E-state index contributed by atoms with van der Waals surface area (Å²) in [4.78, 5) is 22.1. The number of rotatable bonds is 2. The topological polar surface area (TPSA) is 89.9 Å². The van der Waals surface area contributed by atoms with Crippen LogP contribution in [0.4, 0.5) is 0 Å². The SMILES string of the molecule is CC(=O)N1NCC(=O)[C@H]1C(O)CO. The molecule has 1 unspecified atom stereocenters. The number of hydrazine groups is 1. The van der Waals surface area contributed by atoms with Crippen LogP contribution in [-0.4, -0.2) is 52.2 Å². The molecule has 1 rings (SSSR count). The van der Waals surface area contributed by atoms with E-state index in [0.717, 1.165) is 5.01 Å². The minimum atomic E-state index is -1.22. The van der Waals surface area contributed by atoms with Crippen LogP contribution in [-0.2, 0) is 9.59 Å². The highest BCUT2D eigenvalue weighted by Crippen LogP contribution is 2.09. The summed E-state index contributed by atoms with van der Waals surface area (Å²) in [6.45, 7) is 0.756. The lowest BCUT2D eigenvalue weighted by molar-refractivity contribution is -0.139. The summed E-state index contributed by atoms with van der Waals surface area (Å²) in [6.07, 6.45) is -1.22. The Balaban J connectivity index is 2.76. The summed E-state index contributed by atoms with van der Waals surface area (Å²) in [5.41, 5.74) is 2.53. The van der Waals surface area contributed by atoms with Crippen molar-refractivity contribution in [2.24, 2.45) is 0 Å². The summed E-state index contributed by atoms with van der Waals surface area (Å²) in [6, 6.07) is -0.956. The van der Waals surface area contributed by atoms with Gasteiger partial charge in [-0.25, -0.2) is 5.43 Å². The quantitative estimate of drug-likeness (QED) is 0.451. The Hall–Kier alpha value is -0.980. The predicted octanol–water partition coefficient (Wildman–Crippen LogP) is -2.36. The molecule has 1 fully saturated rings. The van der Waals surface area contributed by atoms with E-state index < -0.39 is 18.8 Å². The second-order valence-electron chi connectivity index (χ2n) is 2.88. The average molecular weight is 188 g/mol. The van der Waals surface area contributed by atoms with Gasteiger partial charge in [-0.2, -0.15) is 0 Å². The van der Waals surface area contributed by atoms with E-state index in [1.54, 1.807) is 0 Å². The van der Waals surface area contributed by atoms with E-state index >= 15 is 0 Å². The van der Waals surface area contributed by atoms with Gasteiger partial charge in [0.15, 0.2) is 5.78 Å². The Labute approximate surface area is 75.1 Å². The predicted molar refractivity (Wildman–Crippen MR) is 42.4 cm³/mol. The van der Waals surface area contributed by atoms with Crippen molar-refractivity contribution in [3.05, 3.63) is 0 Å². The summed E-state index contributed by atoms with van der Waals surface area (Å²) >= 11 is 0. The van der Waals surface area contributed by atoms with E-state index in [1.165, 1.54) is 6.92 Å². The minimum absolute atomic E-state index is 0.0152. The van der Waals surface area contributed by atoms with Crippen LogP contribution < -0.4 is 5.43 Å². The van der Waals surface area contributed by atoms with Gasteiger partial charge in [-0.1, -0.05) is 0 Å². The molecule has 0 aromatic rings. The van der Waals surface area contributed by atoms with Crippen molar-refractivity contribution in [2.75, 3.05) is 13.2 Å². The third kappa shape index (κ3) is 1.85. The van der Waals surface area contributed by atoms with Gasteiger partial charge in [0.1, 0.15) is 12.1 Å². The Bertz CT molecular complexity index is 231. The van der Waals surface area contributed by atoms with Gasteiger partial charge >= 0.3 is 0 Å². The van der Waals surface area contributed by atoms with Crippen molar-refractivity contribution in [2.45, 2.75) is 19.1 Å². The van der Waals surface area contributed by atoms with Crippen molar-refractivity contribution < 1.29 is 19.8 Å². The van der Waals surface area contributed by atoms with Crippen molar-refractivity contribution in [3.8, 4) is 0 Å². The Morgan fingerprint density at radius 1 is 1.85 bits per heavy atom. The van der Waals surface area contributed by atoms with E-state index in [-0.39, 0.29) is 18.2 Å². The molecule has 74 valence electrons. The molecule has 0 saturated carbocycles. The highest BCUT2D eigenvalue weighted by atomic mass is 16.3. The normalized spacial score (nSPS) is 25.0. The van der Waals surface area contributed by atoms with Crippen molar-refractivity contribution in [3.63, 3.8) is 0 Å². The molecule has 1 saturated heterocycles. The van der Waals surface area contributed by atoms with E-state index in [0.29, 0.717) is 0 Å². The molecule has 0 aromatic carbocycles. The molecule has 0 aliphatic carbocycles. The highest BCUT2D eigenvalue weighted by Gasteiger charge is 2.38. The Morgan fingerprint density at radius 2 is 2.46 bits per heavy atom. The molecule has 2 atom stereocenters. The summed E-state index contributed by atoms with van der Waals surface area (Å²) in [7, 11) is 0. The average Bonchev–Trinajstić information content (AvgIpc) is 2.46. The molecule has 1 aliphatic heterocycles. The van der Waals surface area contributed by atoms with Crippen LogP contribution in [0.5, 0.6) is 0 Å². The molecule has 1 amide bonds. The zero-order valence-corrected chi connectivity index (χ0v) is 7.23. The maximum atomic E-state index is 11.2. The number of Topliss-reactive ketones (excluding diaryl/α,β-unsaturated/α-hetero) is 1. The number of nitrogens with one attached hydrogen (secondary N) is 1. The summed E-state index contributed by atoms with van der Waals surface area (Å²) in [5, 5.41) is 18.9. The molecule has 0 radical (unpaired) electrons. The van der Waals surface area contributed by atoms with Crippen molar-refractivity contribution in [1.29, 1.82) is 0 Å². The number of carbonyl (C=O) groups is 2. The minimum Gasteiger partial charge on any atom is -0.394 e. The van der Waals surface area contributed by atoms with E-state index in [2.05, 4.69) is 5.43 Å². The van der Waals surface area contributed by atoms with Gasteiger partial charge in [0, 0.05) is 6.92 Å². The second kappa shape index (κ2) is 3.82. The zero-order valence-electron chi connectivity index (χ0n) is 7.23. The molecule has 6 heteroatoms. The lowest BCUT2D eigenvalue weighted by Crippen LogP contribution is -2.49. The molecule has 0 spiro atoms. The number of aliphatic hydroxyl groups is 2. The fraction of sp³-hybridized carbons (Fsp3) is 0.714. The van der Waals surface area contributed by atoms with Crippen LogP contribution in [0.1, 0.15) is 6.92 Å². The van der Waals surface area contributed by atoms with Crippen molar-refractivity contribution >= 4 is 11.7 Å². The Kier molecular flexibility index (Phi) is 2.97. The first-order valence-corrected chi connectivity index (χ1v) is 3.93. The number of amides is 1. The van der Waals surface area contributed by atoms with Gasteiger partial charge in [0.25, 0.3) is 0 Å². The second-order valence-corrected chi connectivity index (χ2v) is 2.88. The maximum absolute atomic E-state index is 11.2. The largest absolute Gasteiger partial charge is 0.394 e. The fourth-order valence-electron chi connectivity index (χ4n) is 1.30. The van der Waals surface area contributed by atoms with Crippen LogP contribution in [0.3, 0.4) is 0 Å². The number of aliphatic hydroxyl groups excluding tert-OH is 2. The maximum Gasteiger partial charge on any atom is 0.234 e. The van der Waals surface area contributed by atoms with Crippen LogP contribution in [0.2, 0.25) is 0 Å². The van der Waals surface area contributed by atoms with Crippen LogP contribution in [0.25, 0.3) is 0 Å². The highest BCUT2D eigenvalue weighted by molar-refractivity contribution is 5.92. The smallest absolute Gasteiger partial charge is 0.234 e. The molecular weight excluding hydrogens is 176 g/mol. The molecule has 0 aromatic heterocycles. The lowest BCUT2D eigenvalue weighted by atomic mass is 10.1. The molecule has 1 heterocycles. The number of carbonyl (C=O) groups excluding carboxylic acids is 2. The molecule has 6 nitrogen and oxygen atoms in total. The van der Waals surface area contributed by atoms with Crippen LogP contribution in [0.15, 0.2) is 0 Å². The van der Waals surface area contributed by atoms with Crippen LogP contribution in [0, 0.1) is 0 Å². The first kappa shape index (κ1) is 10.1. The van der Waals surface area contributed by atoms with Crippen LogP contribution >= 0.6 is 0 Å². The zero-order chi connectivity index (χ0) is 10.0. The standard InChI is InChI=1S/C7H12N2O4/c1-4(11)9-7(6(13)3-10)5(12)2-8-9/h6-8,10,13H,2-3H2,1H3/t6?,7-/m0/s1. The summed E-state index contributed by atoms with van der Waals surface area (Å²) in [5.74, 6) is -0.653. The first-order valence-electron chi connectivity index (χ1n) is 3.93. The third-order valence-corrected chi connectivity index (χ3v) is 1.92. The van der Waals surface area contributed by atoms with Gasteiger partial charge in [0.05, 0.1) is 13.2 Å². The molecular formula is C7H12N2O4. The van der Waals surface area contributed by atoms with Gasteiger partial charge in [-0.15, -0.1) is 0 Å². The fourth-order valence-corrected chi connectivity index (χ4v) is 1.30. The molecule has 3 N–H and O–H groups in total. The van der Waals surface area contributed by atoms with Gasteiger partial charge in [-0.05, 0) is 0 Å².